The van der Waals surface area contributed by atoms with Crippen LogP contribution in [0.4, 0.5) is 0 Å². The fourth-order valence-electron chi connectivity index (χ4n) is 0.548. The van der Waals surface area contributed by atoms with E-state index in [-0.39, 0.29) is 0 Å². The molecule has 0 bridgehead atoms. The van der Waals surface area contributed by atoms with Crippen molar-refractivity contribution >= 4 is 0 Å². The Morgan fingerprint density at radius 2 is 2.10 bits per heavy atom. The molecule has 4 nitrogen and oxygen atoms in total. The van der Waals surface area contributed by atoms with Gasteiger partial charge in [-0.15, -0.1) is 0 Å². The number of aromatic nitrogens is 2. The van der Waals surface area contributed by atoms with Crippen LogP contribution in [0, 0.1) is 6.92 Å². The molecule has 0 saturated heterocycles. The second-order valence-electron chi connectivity index (χ2n) is 2.70. The summed E-state index contributed by atoms with van der Waals surface area (Å²) in [6.45, 7) is 4.90. The standard InChI is InChI=1S/C6H10N2O2/c1-4-7-5(8-10-4)6(2,3)9/h9H,1-3H3. The van der Waals surface area contributed by atoms with E-state index in [1.54, 1.807) is 20.8 Å². The van der Waals surface area contributed by atoms with Crippen LogP contribution >= 0.6 is 0 Å². The number of hydrogen-bond acceptors (Lipinski definition) is 4. The Kier molecular flexibility index (Phi) is 1.48. The minimum Gasteiger partial charge on any atom is -0.382 e. The van der Waals surface area contributed by atoms with Crippen molar-refractivity contribution in [1.29, 1.82) is 0 Å². The van der Waals surface area contributed by atoms with Gasteiger partial charge < -0.3 is 9.63 Å². The lowest BCUT2D eigenvalue weighted by Crippen LogP contribution is -2.17. The molecule has 0 spiro atoms. The normalized spacial score (nSPS) is 12.0. The first kappa shape index (κ1) is 7.21. The molecule has 0 aliphatic rings. The Balaban J connectivity index is 2.96. The van der Waals surface area contributed by atoms with Crippen molar-refractivity contribution in [3.63, 3.8) is 0 Å². The van der Waals surface area contributed by atoms with Gasteiger partial charge in [-0.1, -0.05) is 5.16 Å². The predicted octanol–water partition coefficient (Wildman–Crippen LogP) is 0.605. The summed E-state index contributed by atoms with van der Waals surface area (Å²) in [7, 11) is 0. The van der Waals surface area contributed by atoms with E-state index in [0.29, 0.717) is 11.7 Å². The minimum absolute atomic E-state index is 0.324. The molecule has 56 valence electrons. The summed E-state index contributed by atoms with van der Waals surface area (Å²) in [5.41, 5.74) is -1.00. The van der Waals surface area contributed by atoms with E-state index >= 15 is 0 Å². The minimum atomic E-state index is -1.00. The predicted molar refractivity (Wildman–Crippen MR) is 34.3 cm³/mol. The highest BCUT2D eigenvalue weighted by molar-refractivity contribution is 4.94. The molecule has 4 heteroatoms. The Bertz CT molecular complexity index is 224. The summed E-state index contributed by atoms with van der Waals surface area (Å²) in [6.07, 6.45) is 0. The third-order valence-electron chi connectivity index (χ3n) is 1.07. The van der Waals surface area contributed by atoms with Crippen LogP contribution < -0.4 is 0 Å². The maximum absolute atomic E-state index is 9.32. The zero-order valence-corrected chi connectivity index (χ0v) is 6.25. The summed E-state index contributed by atoms with van der Waals surface area (Å²) < 4.78 is 4.67. The summed E-state index contributed by atoms with van der Waals surface area (Å²) in [4.78, 5) is 3.85. The number of nitrogens with zero attached hydrogens (tertiary/aromatic N) is 2. The summed E-state index contributed by atoms with van der Waals surface area (Å²) in [6, 6.07) is 0. The molecule has 1 aromatic rings. The van der Waals surface area contributed by atoms with Gasteiger partial charge in [0.2, 0.25) is 11.7 Å². The van der Waals surface area contributed by atoms with E-state index in [1.165, 1.54) is 0 Å². The third kappa shape index (κ3) is 1.33. The second kappa shape index (κ2) is 2.05. The van der Waals surface area contributed by atoms with Crippen LogP contribution in [-0.4, -0.2) is 15.2 Å². The quantitative estimate of drug-likeness (QED) is 0.624. The molecule has 0 atom stereocenters. The van der Waals surface area contributed by atoms with Gasteiger partial charge in [-0.2, -0.15) is 4.98 Å². The number of rotatable bonds is 1. The Labute approximate surface area is 58.9 Å². The van der Waals surface area contributed by atoms with E-state index in [1.807, 2.05) is 0 Å². The monoisotopic (exact) mass is 142 g/mol. The Morgan fingerprint density at radius 3 is 2.30 bits per heavy atom. The van der Waals surface area contributed by atoms with Crippen LogP contribution in [0.5, 0.6) is 0 Å². The number of aryl methyl sites for hydroxylation is 1. The van der Waals surface area contributed by atoms with Crippen molar-refractivity contribution in [2.75, 3.05) is 0 Å². The fourth-order valence-corrected chi connectivity index (χ4v) is 0.548. The highest BCUT2D eigenvalue weighted by Gasteiger charge is 2.21. The maximum atomic E-state index is 9.32. The van der Waals surface area contributed by atoms with Gasteiger partial charge in [0, 0.05) is 6.92 Å². The van der Waals surface area contributed by atoms with Crippen molar-refractivity contribution in [2.45, 2.75) is 26.4 Å². The van der Waals surface area contributed by atoms with Gasteiger partial charge in [0.25, 0.3) is 0 Å². The Hall–Kier alpha value is -0.900. The molecule has 0 unspecified atom stereocenters. The van der Waals surface area contributed by atoms with Gasteiger partial charge in [-0.05, 0) is 13.8 Å². The largest absolute Gasteiger partial charge is 0.382 e. The fraction of sp³-hybridized carbons (Fsp3) is 0.667. The second-order valence-corrected chi connectivity index (χ2v) is 2.70. The van der Waals surface area contributed by atoms with Crippen LogP contribution in [0.3, 0.4) is 0 Å². The van der Waals surface area contributed by atoms with Gasteiger partial charge in [0.05, 0.1) is 0 Å². The lowest BCUT2D eigenvalue weighted by atomic mass is 10.1. The van der Waals surface area contributed by atoms with E-state index in [9.17, 15) is 5.11 Å². The summed E-state index contributed by atoms with van der Waals surface area (Å²) in [5.74, 6) is 0.794. The molecule has 0 aliphatic heterocycles. The van der Waals surface area contributed by atoms with Gasteiger partial charge in [-0.25, -0.2) is 0 Å². The lowest BCUT2D eigenvalue weighted by Gasteiger charge is -2.09. The lowest BCUT2D eigenvalue weighted by molar-refractivity contribution is 0.0661. The first-order valence-corrected chi connectivity index (χ1v) is 3.03. The molecule has 0 aromatic carbocycles. The van der Waals surface area contributed by atoms with Crippen LogP contribution in [-0.2, 0) is 5.60 Å². The highest BCUT2D eigenvalue weighted by Crippen LogP contribution is 2.14. The van der Waals surface area contributed by atoms with Crippen molar-refractivity contribution in [3.8, 4) is 0 Å². The van der Waals surface area contributed by atoms with Gasteiger partial charge >= 0.3 is 0 Å². The SMILES string of the molecule is Cc1nc(C(C)(C)O)no1. The topological polar surface area (TPSA) is 59.2 Å². The average molecular weight is 142 g/mol. The van der Waals surface area contributed by atoms with Crippen molar-refractivity contribution in [3.05, 3.63) is 11.7 Å². The Morgan fingerprint density at radius 1 is 1.50 bits per heavy atom. The zero-order chi connectivity index (χ0) is 7.78. The zero-order valence-electron chi connectivity index (χ0n) is 6.25. The molecular formula is C6H10N2O2. The van der Waals surface area contributed by atoms with Crippen molar-refractivity contribution in [1.82, 2.24) is 10.1 Å². The molecule has 10 heavy (non-hydrogen) atoms. The smallest absolute Gasteiger partial charge is 0.223 e. The van der Waals surface area contributed by atoms with E-state index in [0.717, 1.165) is 0 Å². The molecule has 0 amide bonds. The molecule has 1 aromatic heterocycles. The van der Waals surface area contributed by atoms with Crippen LogP contribution in [0.25, 0.3) is 0 Å². The van der Waals surface area contributed by atoms with Crippen molar-refractivity contribution < 1.29 is 9.63 Å². The average Bonchev–Trinajstić information content (AvgIpc) is 2.11. The van der Waals surface area contributed by atoms with Gasteiger partial charge in [0.15, 0.2) is 0 Å². The molecule has 0 radical (unpaired) electrons. The molecule has 0 aliphatic carbocycles. The van der Waals surface area contributed by atoms with Gasteiger partial charge in [0.1, 0.15) is 5.60 Å². The third-order valence-corrected chi connectivity index (χ3v) is 1.07. The maximum Gasteiger partial charge on any atom is 0.223 e. The van der Waals surface area contributed by atoms with Crippen LogP contribution in [0.15, 0.2) is 4.52 Å². The van der Waals surface area contributed by atoms with Gasteiger partial charge in [-0.3, -0.25) is 0 Å². The molecular weight excluding hydrogens is 132 g/mol. The van der Waals surface area contributed by atoms with E-state index in [2.05, 4.69) is 14.7 Å². The first-order valence-electron chi connectivity index (χ1n) is 3.03. The molecule has 1 rings (SSSR count). The highest BCUT2D eigenvalue weighted by atomic mass is 16.5. The molecule has 1 heterocycles. The molecule has 1 N–H and O–H groups in total. The van der Waals surface area contributed by atoms with E-state index < -0.39 is 5.60 Å². The van der Waals surface area contributed by atoms with E-state index in [4.69, 9.17) is 0 Å². The summed E-state index contributed by atoms with van der Waals surface area (Å²) in [5, 5.41) is 12.9. The first-order chi connectivity index (χ1) is 4.50. The number of aliphatic hydroxyl groups is 1. The number of hydrogen-bond donors (Lipinski definition) is 1. The van der Waals surface area contributed by atoms with Crippen LogP contribution in [0.2, 0.25) is 0 Å². The van der Waals surface area contributed by atoms with Crippen LogP contribution in [0.1, 0.15) is 25.6 Å². The summed E-state index contributed by atoms with van der Waals surface area (Å²) >= 11 is 0. The molecule has 0 saturated carbocycles. The van der Waals surface area contributed by atoms with Crippen molar-refractivity contribution in [2.24, 2.45) is 0 Å². The molecule has 0 fully saturated rings.